The number of phenolic OH excluding ortho intramolecular Hbond substituents is 1. The Bertz CT molecular complexity index is 611. The fourth-order valence-corrected chi connectivity index (χ4v) is 1.83. The van der Waals surface area contributed by atoms with Crippen LogP contribution in [0, 0.1) is 17.0 Å². The second-order valence-electron chi connectivity index (χ2n) is 4.30. The third-order valence-electron chi connectivity index (χ3n) is 2.75. The fraction of sp³-hybridized carbons (Fsp3) is 0.143. The molecule has 0 saturated heterocycles. The number of hydrogen-bond acceptors (Lipinski definition) is 4. The van der Waals surface area contributed by atoms with Gasteiger partial charge in [-0.3, -0.25) is 10.1 Å². The van der Waals surface area contributed by atoms with Gasteiger partial charge in [-0.25, -0.2) is 0 Å². The van der Waals surface area contributed by atoms with Crippen LogP contribution in [0.2, 0.25) is 0 Å². The Morgan fingerprint density at radius 1 is 1.26 bits per heavy atom. The Hall–Kier alpha value is -2.56. The Labute approximate surface area is 110 Å². The molecule has 0 atom stereocenters. The smallest absolute Gasteiger partial charge is 0.271 e. The zero-order valence-corrected chi connectivity index (χ0v) is 10.5. The fourth-order valence-electron chi connectivity index (χ4n) is 1.83. The van der Waals surface area contributed by atoms with Gasteiger partial charge in [0.05, 0.1) is 4.92 Å². The predicted octanol–water partition coefficient (Wildman–Crippen LogP) is 3.22. The number of phenols is 1. The van der Waals surface area contributed by atoms with Gasteiger partial charge in [0.2, 0.25) is 0 Å². The normalized spacial score (nSPS) is 10.2. The third-order valence-corrected chi connectivity index (χ3v) is 2.75. The summed E-state index contributed by atoms with van der Waals surface area (Å²) in [5.41, 5.74) is 2.27. The molecule has 0 aromatic heterocycles. The molecule has 0 radical (unpaired) electrons. The minimum atomic E-state index is -0.418. The highest BCUT2D eigenvalue weighted by Gasteiger charge is 2.08. The van der Waals surface area contributed by atoms with Crippen LogP contribution in [0.15, 0.2) is 42.5 Å². The van der Waals surface area contributed by atoms with Gasteiger partial charge in [-0.1, -0.05) is 18.2 Å². The van der Waals surface area contributed by atoms with E-state index in [4.69, 9.17) is 0 Å². The third kappa shape index (κ3) is 3.22. The van der Waals surface area contributed by atoms with Crippen molar-refractivity contribution in [3.63, 3.8) is 0 Å². The monoisotopic (exact) mass is 258 g/mol. The molecule has 0 saturated carbocycles. The maximum Gasteiger partial charge on any atom is 0.271 e. The summed E-state index contributed by atoms with van der Waals surface area (Å²) < 4.78 is 0. The molecule has 5 nitrogen and oxygen atoms in total. The predicted molar refractivity (Wildman–Crippen MR) is 73.3 cm³/mol. The number of nitro benzene ring substituents is 1. The zero-order valence-electron chi connectivity index (χ0n) is 10.5. The molecule has 0 aliphatic heterocycles. The minimum absolute atomic E-state index is 0.0554. The van der Waals surface area contributed by atoms with Gasteiger partial charge in [0.15, 0.2) is 0 Å². The summed E-state index contributed by atoms with van der Waals surface area (Å²) >= 11 is 0. The van der Waals surface area contributed by atoms with E-state index in [0.717, 1.165) is 11.1 Å². The summed E-state index contributed by atoms with van der Waals surface area (Å²) in [5.74, 6) is 0.206. The van der Waals surface area contributed by atoms with Crippen LogP contribution in [0.25, 0.3) is 0 Å². The molecule has 0 fully saturated rings. The number of benzene rings is 2. The molecule has 0 bridgehead atoms. The summed E-state index contributed by atoms with van der Waals surface area (Å²) in [7, 11) is 0. The van der Waals surface area contributed by atoms with Crippen molar-refractivity contribution in [3.05, 3.63) is 63.7 Å². The summed E-state index contributed by atoms with van der Waals surface area (Å²) in [6.45, 7) is 2.21. The van der Waals surface area contributed by atoms with Gasteiger partial charge in [0.1, 0.15) is 5.75 Å². The van der Waals surface area contributed by atoms with Crippen LogP contribution in [-0.4, -0.2) is 10.0 Å². The lowest BCUT2D eigenvalue weighted by atomic mass is 10.1. The molecule has 0 heterocycles. The lowest BCUT2D eigenvalue weighted by Crippen LogP contribution is -2.00. The van der Waals surface area contributed by atoms with Crippen LogP contribution >= 0.6 is 0 Å². The average molecular weight is 258 g/mol. The van der Waals surface area contributed by atoms with E-state index in [-0.39, 0.29) is 11.4 Å². The van der Waals surface area contributed by atoms with Crippen LogP contribution in [-0.2, 0) is 6.54 Å². The standard InChI is InChI=1S/C14H14N2O3/c1-10-6-12(8-13(7-10)16(18)19)15-9-11-4-2-3-5-14(11)17/h2-8,15,17H,9H2,1H3. The molecular weight excluding hydrogens is 244 g/mol. The number of non-ortho nitro benzene ring substituents is 1. The van der Waals surface area contributed by atoms with Gasteiger partial charge >= 0.3 is 0 Å². The number of nitrogens with zero attached hydrogens (tertiary/aromatic N) is 1. The number of nitrogens with one attached hydrogen (secondary N) is 1. The first-order chi connectivity index (χ1) is 9.06. The van der Waals surface area contributed by atoms with Crippen LogP contribution < -0.4 is 5.32 Å². The van der Waals surface area contributed by atoms with Crippen molar-refractivity contribution in [1.82, 2.24) is 0 Å². The first-order valence-electron chi connectivity index (χ1n) is 5.83. The molecule has 0 spiro atoms. The first-order valence-corrected chi connectivity index (χ1v) is 5.83. The van der Waals surface area contributed by atoms with Crippen LogP contribution in [0.3, 0.4) is 0 Å². The second kappa shape index (κ2) is 5.39. The van der Waals surface area contributed by atoms with Crippen LogP contribution in [0.1, 0.15) is 11.1 Å². The van der Waals surface area contributed by atoms with Crippen molar-refractivity contribution < 1.29 is 10.0 Å². The van der Waals surface area contributed by atoms with Crippen molar-refractivity contribution in [2.45, 2.75) is 13.5 Å². The number of rotatable bonds is 4. The van der Waals surface area contributed by atoms with E-state index in [1.807, 2.05) is 12.1 Å². The number of aromatic hydroxyl groups is 1. The lowest BCUT2D eigenvalue weighted by molar-refractivity contribution is -0.384. The Kier molecular flexibility index (Phi) is 3.66. The molecule has 2 aromatic carbocycles. The molecule has 2 aromatic rings. The Morgan fingerprint density at radius 2 is 2.00 bits per heavy atom. The van der Waals surface area contributed by atoms with Crippen molar-refractivity contribution in [3.8, 4) is 5.75 Å². The molecule has 19 heavy (non-hydrogen) atoms. The molecule has 0 amide bonds. The van der Waals surface area contributed by atoms with E-state index < -0.39 is 4.92 Å². The van der Waals surface area contributed by atoms with Gasteiger partial charge in [0.25, 0.3) is 5.69 Å². The van der Waals surface area contributed by atoms with E-state index in [0.29, 0.717) is 12.2 Å². The summed E-state index contributed by atoms with van der Waals surface area (Å²) in [6.07, 6.45) is 0. The van der Waals surface area contributed by atoms with E-state index in [1.54, 1.807) is 25.1 Å². The van der Waals surface area contributed by atoms with Crippen molar-refractivity contribution in [2.75, 3.05) is 5.32 Å². The first kappa shape index (κ1) is 12.9. The number of nitro groups is 1. The number of hydrogen-bond donors (Lipinski definition) is 2. The van der Waals surface area contributed by atoms with E-state index in [2.05, 4.69) is 5.32 Å². The molecule has 0 unspecified atom stereocenters. The summed E-state index contributed by atoms with van der Waals surface area (Å²) in [5, 5.41) is 23.5. The number of anilines is 1. The van der Waals surface area contributed by atoms with Crippen molar-refractivity contribution in [2.24, 2.45) is 0 Å². The maximum absolute atomic E-state index is 10.8. The average Bonchev–Trinajstić information content (AvgIpc) is 2.37. The Morgan fingerprint density at radius 3 is 2.68 bits per heavy atom. The van der Waals surface area contributed by atoms with Crippen molar-refractivity contribution >= 4 is 11.4 Å². The largest absolute Gasteiger partial charge is 0.508 e. The zero-order chi connectivity index (χ0) is 13.8. The minimum Gasteiger partial charge on any atom is -0.508 e. The summed E-state index contributed by atoms with van der Waals surface area (Å²) in [6, 6.07) is 11.8. The molecule has 2 rings (SSSR count). The molecular formula is C14H14N2O3. The van der Waals surface area contributed by atoms with E-state index in [1.165, 1.54) is 12.1 Å². The SMILES string of the molecule is Cc1cc(NCc2ccccc2O)cc([N+](=O)[O-])c1. The van der Waals surface area contributed by atoms with Crippen LogP contribution in [0.4, 0.5) is 11.4 Å². The van der Waals surface area contributed by atoms with Gasteiger partial charge < -0.3 is 10.4 Å². The molecule has 2 N–H and O–H groups in total. The van der Waals surface area contributed by atoms with E-state index in [9.17, 15) is 15.2 Å². The molecule has 0 aliphatic rings. The second-order valence-corrected chi connectivity index (χ2v) is 4.30. The summed E-state index contributed by atoms with van der Waals surface area (Å²) in [4.78, 5) is 10.4. The highest BCUT2D eigenvalue weighted by atomic mass is 16.6. The molecule has 0 aliphatic carbocycles. The van der Waals surface area contributed by atoms with Gasteiger partial charge in [-0.15, -0.1) is 0 Å². The van der Waals surface area contributed by atoms with Gasteiger partial charge in [-0.05, 0) is 24.6 Å². The van der Waals surface area contributed by atoms with Crippen molar-refractivity contribution in [1.29, 1.82) is 0 Å². The Balaban J connectivity index is 2.16. The highest BCUT2D eigenvalue weighted by molar-refractivity contribution is 5.54. The van der Waals surface area contributed by atoms with Gasteiger partial charge in [0, 0.05) is 29.9 Å². The molecule has 5 heteroatoms. The lowest BCUT2D eigenvalue weighted by Gasteiger charge is -2.08. The van der Waals surface area contributed by atoms with Crippen LogP contribution in [0.5, 0.6) is 5.75 Å². The topological polar surface area (TPSA) is 75.4 Å². The quantitative estimate of drug-likeness (QED) is 0.652. The number of aryl methyl sites for hydroxylation is 1. The van der Waals surface area contributed by atoms with Gasteiger partial charge in [-0.2, -0.15) is 0 Å². The molecule has 98 valence electrons. The maximum atomic E-state index is 10.8. The highest BCUT2D eigenvalue weighted by Crippen LogP contribution is 2.22. The van der Waals surface area contributed by atoms with E-state index >= 15 is 0 Å². The number of para-hydroxylation sites is 1.